The highest BCUT2D eigenvalue weighted by Gasteiger charge is 2.30. The number of ether oxygens (including phenoxy) is 1. The SMILES string of the molecule is COC1CC(NC(C)c2ccccc2F)C1. The number of nitrogens with one attached hydrogen (secondary N) is 1. The van der Waals surface area contributed by atoms with E-state index in [1.54, 1.807) is 13.2 Å². The summed E-state index contributed by atoms with van der Waals surface area (Å²) in [5.41, 5.74) is 0.739. The second-order valence-corrected chi connectivity index (χ2v) is 4.44. The smallest absolute Gasteiger partial charge is 0.127 e. The first-order chi connectivity index (χ1) is 7.70. The molecule has 0 saturated heterocycles. The molecule has 0 radical (unpaired) electrons. The first-order valence-electron chi connectivity index (χ1n) is 5.74. The fraction of sp³-hybridized carbons (Fsp3) is 0.538. The molecule has 0 spiro atoms. The van der Waals surface area contributed by atoms with Crippen LogP contribution in [0.15, 0.2) is 24.3 Å². The average molecular weight is 223 g/mol. The van der Waals surface area contributed by atoms with Crippen molar-refractivity contribution in [2.45, 2.75) is 38.0 Å². The van der Waals surface area contributed by atoms with Gasteiger partial charge in [-0.25, -0.2) is 4.39 Å². The lowest BCUT2D eigenvalue weighted by molar-refractivity contribution is 0.0146. The molecule has 1 aliphatic rings. The average Bonchev–Trinajstić information content (AvgIpc) is 2.23. The zero-order valence-corrected chi connectivity index (χ0v) is 9.74. The third-order valence-corrected chi connectivity index (χ3v) is 3.29. The molecule has 1 aromatic rings. The molecule has 1 fully saturated rings. The van der Waals surface area contributed by atoms with Gasteiger partial charge in [-0.15, -0.1) is 0 Å². The van der Waals surface area contributed by atoms with E-state index in [0.29, 0.717) is 12.1 Å². The molecular formula is C13H18FNO. The highest BCUT2D eigenvalue weighted by atomic mass is 19.1. The van der Waals surface area contributed by atoms with E-state index in [1.807, 2.05) is 19.1 Å². The Balaban J connectivity index is 1.89. The first-order valence-corrected chi connectivity index (χ1v) is 5.74. The molecular weight excluding hydrogens is 205 g/mol. The summed E-state index contributed by atoms with van der Waals surface area (Å²) in [5.74, 6) is -0.134. The maximum atomic E-state index is 13.5. The molecule has 16 heavy (non-hydrogen) atoms. The third kappa shape index (κ3) is 2.42. The predicted molar refractivity (Wildman–Crippen MR) is 61.8 cm³/mol. The second-order valence-electron chi connectivity index (χ2n) is 4.44. The third-order valence-electron chi connectivity index (χ3n) is 3.29. The molecule has 1 aromatic carbocycles. The zero-order chi connectivity index (χ0) is 11.5. The summed E-state index contributed by atoms with van der Waals surface area (Å²) in [6.07, 6.45) is 2.43. The van der Waals surface area contributed by atoms with Crippen LogP contribution in [0.5, 0.6) is 0 Å². The van der Waals surface area contributed by atoms with Crippen LogP contribution in [0.1, 0.15) is 31.4 Å². The van der Waals surface area contributed by atoms with Gasteiger partial charge in [0.1, 0.15) is 5.82 Å². The summed E-state index contributed by atoms with van der Waals surface area (Å²) in [6.45, 7) is 2.00. The summed E-state index contributed by atoms with van der Waals surface area (Å²) in [7, 11) is 1.74. The van der Waals surface area contributed by atoms with Crippen molar-refractivity contribution in [3.8, 4) is 0 Å². The van der Waals surface area contributed by atoms with Crippen molar-refractivity contribution in [2.75, 3.05) is 7.11 Å². The Morgan fingerprint density at radius 1 is 1.38 bits per heavy atom. The van der Waals surface area contributed by atoms with Crippen molar-refractivity contribution in [1.29, 1.82) is 0 Å². The van der Waals surface area contributed by atoms with Gasteiger partial charge < -0.3 is 10.1 Å². The Bertz CT molecular complexity index is 350. The number of benzene rings is 1. The van der Waals surface area contributed by atoms with Crippen molar-refractivity contribution in [3.05, 3.63) is 35.6 Å². The van der Waals surface area contributed by atoms with Crippen LogP contribution < -0.4 is 5.32 Å². The lowest BCUT2D eigenvalue weighted by Gasteiger charge is -2.36. The maximum absolute atomic E-state index is 13.5. The van der Waals surface area contributed by atoms with E-state index in [1.165, 1.54) is 6.07 Å². The normalized spacial score (nSPS) is 26.2. The molecule has 1 aliphatic carbocycles. The van der Waals surface area contributed by atoms with Gasteiger partial charge in [-0.3, -0.25) is 0 Å². The van der Waals surface area contributed by atoms with Crippen molar-refractivity contribution in [3.63, 3.8) is 0 Å². The van der Waals surface area contributed by atoms with Gasteiger partial charge in [-0.2, -0.15) is 0 Å². The van der Waals surface area contributed by atoms with Gasteiger partial charge in [0.2, 0.25) is 0 Å². The summed E-state index contributed by atoms with van der Waals surface area (Å²) < 4.78 is 18.7. The molecule has 1 atom stereocenters. The van der Waals surface area contributed by atoms with E-state index in [4.69, 9.17) is 4.74 Å². The highest BCUT2D eigenvalue weighted by Crippen LogP contribution is 2.26. The molecule has 0 aliphatic heterocycles. The van der Waals surface area contributed by atoms with Gasteiger partial charge in [-0.1, -0.05) is 18.2 Å². The fourth-order valence-corrected chi connectivity index (χ4v) is 2.16. The molecule has 88 valence electrons. The van der Waals surface area contributed by atoms with E-state index < -0.39 is 0 Å². The zero-order valence-electron chi connectivity index (χ0n) is 9.74. The van der Waals surface area contributed by atoms with Crippen LogP contribution in [0.3, 0.4) is 0 Å². The van der Waals surface area contributed by atoms with Crippen LogP contribution in [0, 0.1) is 5.82 Å². The van der Waals surface area contributed by atoms with Gasteiger partial charge >= 0.3 is 0 Å². The fourth-order valence-electron chi connectivity index (χ4n) is 2.16. The lowest BCUT2D eigenvalue weighted by atomic mass is 9.88. The van der Waals surface area contributed by atoms with Gasteiger partial charge in [0.25, 0.3) is 0 Å². The van der Waals surface area contributed by atoms with Crippen molar-refractivity contribution in [2.24, 2.45) is 0 Å². The molecule has 2 rings (SSSR count). The molecule has 1 N–H and O–H groups in total. The maximum Gasteiger partial charge on any atom is 0.127 e. The summed E-state index contributed by atoms with van der Waals surface area (Å²) >= 11 is 0. The monoisotopic (exact) mass is 223 g/mol. The van der Waals surface area contributed by atoms with Crippen molar-refractivity contribution in [1.82, 2.24) is 5.32 Å². The Kier molecular flexibility index (Phi) is 3.56. The van der Waals surface area contributed by atoms with Crippen LogP contribution in [0.25, 0.3) is 0 Å². The van der Waals surface area contributed by atoms with E-state index in [9.17, 15) is 4.39 Å². The van der Waals surface area contributed by atoms with Gasteiger partial charge in [0.05, 0.1) is 6.10 Å². The molecule has 0 heterocycles. The minimum atomic E-state index is -0.134. The van der Waals surface area contributed by atoms with Gasteiger partial charge in [0, 0.05) is 24.8 Å². The van der Waals surface area contributed by atoms with E-state index in [2.05, 4.69) is 5.32 Å². The summed E-state index contributed by atoms with van der Waals surface area (Å²) in [5, 5.41) is 3.42. The number of halogens is 1. The van der Waals surface area contributed by atoms with E-state index >= 15 is 0 Å². The van der Waals surface area contributed by atoms with Crippen LogP contribution in [-0.4, -0.2) is 19.3 Å². The molecule has 0 bridgehead atoms. The van der Waals surface area contributed by atoms with Crippen LogP contribution in [0.2, 0.25) is 0 Å². The largest absolute Gasteiger partial charge is 0.381 e. The standard InChI is InChI=1S/C13H18FNO/c1-9(12-5-3-4-6-13(12)14)15-10-7-11(8-10)16-2/h3-6,9-11,15H,7-8H2,1-2H3. The quantitative estimate of drug-likeness (QED) is 0.847. The minimum absolute atomic E-state index is 0.0593. The molecule has 1 unspecified atom stereocenters. The minimum Gasteiger partial charge on any atom is -0.381 e. The summed E-state index contributed by atoms with van der Waals surface area (Å²) in [6, 6.07) is 7.44. The van der Waals surface area contributed by atoms with E-state index in [-0.39, 0.29) is 11.9 Å². The lowest BCUT2D eigenvalue weighted by Crippen LogP contribution is -2.45. The Hall–Kier alpha value is -0.930. The molecule has 0 amide bonds. The van der Waals surface area contributed by atoms with Crippen molar-refractivity contribution >= 4 is 0 Å². The molecule has 0 aromatic heterocycles. The van der Waals surface area contributed by atoms with Crippen LogP contribution in [0.4, 0.5) is 4.39 Å². The number of methoxy groups -OCH3 is 1. The number of hydrogen-bond donors (Lipinski definition) is 1. The topological polar surface area (TPSA) is 21.3 Å². The van der Waals surface area contributed by atoms with Crippen LogP contribution >= 0.6 is 0 Å². The highest BCUT2D eigenvalue weighted by molar-refractivity contribution is 5.20. The Labute approximate surface area is 95.8 Å². The molecule has 2 nitrogen and oxygen atoms in total. The van der Waals surface area contributed by atoms with Gasteiger partial charge in [-0.05, 0) is 25.8 Å². The molecule has 1 saturated carbocycles. The van der Waals surface area contributed by atoms with Gasteiger partial charge in [0.15, 0.2) is 0 Å². The van der Waals surface area contributed by atoms with Crippen molar-refractivity contribution < 1.29 is 9.13 Å². The Morgan fingerprint density at radius 3 is 2.69 bits per heavy atom. The van der Waals surface area contributed by atoms with Crippen LogP contribution in [-0.2, 0) is 4.74 Å². The number of hydrogen-bond acceptors (Lipinski definition) is 2. The summed E-state index contributed by atoms with van der Waals surface area (Å²) in [4.78, 5) is 0. The van der Waals surface area contributed by atoms with E-state index in [0.717, 1.165) is 18.4 Å². The number of rotatable bonds is 4. The predicted octanol–water partition coefficient (Wildman–Crippen LogP) is 2.65. The second kappa shape index (κ2) is 4.93. The first kappa shape index (κ1) is 11.6. The molecule has 3 heteroatoms. The Morgan fingerprint density at radius 2 is 2.06 bits per heavy atom.